The molecule has 0 amide bonds. The first-order valence-electron chi connectivity index (χ1n) is 4.21. The van der Waals surface area contributed by atoms with Gasteiger partial charge >= 0.3 is 0 Å². The Labute approximate surface area is 66.7 Å². The van der Waals surface area contributed by atoms with E-state index in [1.807, 2.05) is 18.5 Å². The van der Waals surface area contributed by atoms with Gasteiger partial charge in [0.2, 0.25) is 0 Å². The van der Waals surface area contributed by atoms with Crippen LogP contribution < -0.4 is 0 Å². The molecule has 1 aromatic heterocycles. The molecule has 0 spiro atoms. The van der Waals surface area contributed by atoms with Crippen LogP contribution in [0.5, 0.6) is 0 Å². The van der Waals surface area contributed by atoms with E-state index in [1.165, 1.54) is 19.3 Å². The Morgan fingerprint density at radius 1 is 1.27 bits per heavy atom. The summed E-state index contributed by atoms with van der Waals surface area (Å²) in [6, 6.07) is 1.86. The van der Waals surface area contributed by atoms with Crippen LogP contribution in [0.1, 0.15) is 25.1 Å². The van der Waals surface area contributed by atoms with Gasteiger partial charge in [-0.15, -0.1) is 0 Å². The molecule has 58 valence electrons. The molecule has 0 aliphatic heterocycles. The van der Waals surface area contributed by atoms with Gasteiger partial charge in [0.25, 0.3) is 0 Å². The third kappa shape index (κ3) is 2.00. The number of nitrogens with zero attached hydrogens (tertiary/aromatic N) is 2. The van der Waals surface area contributed by atoms with Crippen LogP contribution in [0, 0.1) is 5.92 Å². The zero-order valence-electron chi connectivity index (χ0n) is 6.53. The lowest BCUT2D eigenvalue weighted by Crippen LogP contribution is -1.93. The molecule has 0 saturated heterocycles. The molecule has 11 heavy (non-hydrogen) atoms. The quantitative estimate of drug-likeness (QED) is 0.653. The Hall–Kier alpha value is -0.920. The molecule has 1 aliphatic carbocycles. The van der Waals surface area contributed by atoms with Gasteiger partial charge in [-0.1, -0.05) is 12.8 Å². The van der Waals surface area contributed by atoms with Crippen LogP contribution in [-0.4, -0.2) is 9.97 Å². The van der Waals surface area contributed by atoms with Crippen molar-refractivity contribution in [3.05, 3.63) is 24.3 Å². The van der Waals surface area contributed by atoms with Crippen molar-refractivity contribution in [1.82, 2.24) is 9.97 Å². The summed E-state index contributed by atoms with van der Waals surface area (Å²) in [5, 5.41) is 0. The second-order valence-corrected chi connectivity index (χ2v) is 3.15. The van der Waals surface area contributed by atoms with Crippen molar-refractivity contribution in [2.24, 2.45) is 5.92 Å². The summed E-state index contributed by atoms with van der Waals surface area (Å²) in [5.74, 6) is 1.98. The number of aryl methyl sites for hydroxylation is 1. The van der Waals surface area contributed by atoms with E-state index in [0.29, 0.717) is 0 Å². The minimum Gasteiger partial charge on any atom is -0.241 e. The standard InChI is InChI=1S/C9H12N2/c1-6-10-9(11-7-1)5-4-8-2-3-8/h1,6-8H,2-5H2. The third-order valence-corrected chi connectivity index (χ3v) is 2.09. The second kappa shape index (κ2) is 2.99. The van der Waals surface area contributed by atoms with Crippen molar-refractivity contribution in [2.75, 3.05) is 0 Å². The average Bonchev–Trinajstić information content (AvgIpc) is 2.86. The van der Waals surface area contributed by atoms with Gasteiger partial charge in [0, 0.05) is 18.8 Å². The van der Waals surface area contributed by atoms with E-state index in [4.69, 9.17) is 0 Å². The lowest BCUT2D eigenvalue weighted by atomic mass is 10.2. The maximum Gasteiger partial charge on any atom is 0.128 e. The molecule has 0 aromatic carbocycles. The Bertz CT molecular complexity index is 216. The van der Waals surface area contributed by atoms with E-state index in [0.717, 1.165) is 18.2 Å². The van der Waals surface area contributed by atoms with Crippen molar-refractivity contribution < 1.29 is 0 Å². The minimum atomic E-state index is 0.985. The Kier molecular flexibility index (Phi) is 1.84. The van der Waals surface area contributed by atoms with Crippen molar-refractivity contribution in [1.29, 1.82) is 0 Å². The molecule has 0 unspecified atom stereocenters. The molecule has 2 heteroatoms. The van der Waals surface area contributed by atoms with Gasteiger partial charge < -0.3 is 0 Å². The number of aromatic nitrogens is 2. The van der Waals surface area contributed by atoms with Gasteiger partial charge in [-0.2, -0.15) is 0 Å². The SMILES string of the molecule is c1cnc(CCC2CC2)nc1. The first-order valence-corrected chi connectivity index (χ1v) is 4.21. The lowest BCUT2D eigenvalue weighted by Gasteiger charge is -1.95. The molecule has 2 nitrogen and oxygen atoms in total. The molecule has 0 radical (unpaired) electrons. The summed E-state index contributed by atoms with van der Waals surface area (Å²) < 4.78 is 0. The van der Waals surface area contributed by atoms with Crippen molar-refractivity contribution in [2.45, 2.75) is 25.7 Å². The molecule has 1 aliphatic rings. The molecular weight excluding hydrogens is 136 g/mol. The highest BCUT2D eigenvalue weighted by atomic mass is 14.8. The maximum atomic E-state index is 4.17. The fourth-order valence-electron chi connectivity index (χ4n) is 1.20. The lowest BCUT2D eigenvalue weighted by molar-refractivity contribution is 0.697. The van der Waals surface area contributed by atoms with Crippen molar-refractivity contribution in [3.63, 3.8) is 0 Å². The Morgan fingerprint density at radius 3 is 2.64 bits per heavy atom. The molecule has 2 rings (SSSR count). The van der Waals surface area contributed by atoms with E-state index in [9.17, 15) is 0 Å². The van der Waals surface area contributed by atoms with E-state index in [-0.39, 0.29) is 0 Å². The van der Waals surface area contributed by atoms with Gasteiger partial charge in [-0.25, -0.2) is 9.97 Å². The van der Waals surface area contributed by atoms with Gasteiger partial charge in [-0.05, 0) is 18.4 Å². The van der Waals surface area contributed by atoms with Crippen molar-refractivity contribution in [3.8, 4) is 0 Å². The van der Waals surface area contributed by atoms with Gasteiger partial charge in [0.05, 0.1) is 0 Å². The fourth-order valence-corrected chi connectivity index (χ4v) is 1.20. The minimum absolute atomic E-state index is 0.985. The van der Waals surface area contributed by atoms with Crippen LogP contribution in [-0.2, 0) is 6.42 Å². The molecule has 0 atom stereocenters. The van der Waals surface area contributed by atoms with Gasteiger partial charge in [0.15, 0.2) is 0 Å². The van der Waals surface area contributed by atoms with E-state index >= 15 is 0 Å². The third-order valence-electron chi connectivity index (χ3n) is 2.09. The average molecular weight is 148 g/mol. The summed E-state index contributed by atoms with van der Waals surface area (Å²) in [4.78, 5) is 8.33. The van der Waals surface area contributed by atoms with Crippen LogP contribution in [0.3, 0.4) is 0 Å². The molecule has 1 heterocycles. The summed E-state index contributed by atoms with van der Waals surface area (Å²) in [5.41, 5.74) is 0. The summed E-state index contributed by atoms with van der Waals surface area (Å²) in [6.45, 7) is 0. The fraction of sp³-hybridized carbons (Fsp3) is 0.556. The molecule has 1 aromatic rings. The second-order valence-electron chi connectivity index (χ2n) is 3.15. The zero-order chi connectivity index (χ0) is 7.52. The molecule has 1 fully saturated rings. The summed E-state index contributed by atoms with van der Waals surface area (Å²) >= 11 is 0. The molecular formula is C9H12N2. The van der Waals surface area contributed by atoms with Crippen molar-refractivity contribution >= 4 is 0 Å². The molecule has 1 saturated carbocycles. The highest BCUT2D eigenvalue weighted by molar-refractivity contribution is 4.90. The number of rotatable bonds is 3. The monoisotopic (exact) mass is 148 g/mol. The topological polar surface area (TPSA) is 25.8 Å². The largest absolute Gasteiger partial charge is 0.241 e. The highest BCUT2D eigenvalue weighted by Gasteiger charge is 2.20. The van der Waals surface area contributed by atoms with Gasteiger partial charge in [0.1, 0.15) is 5.82 Å². The van der Waals surface area contributed by atoms with Gasteiger partial charge in [-0.3, -0.25) is 0 Å². The molecule has 0 bridgehead atoms. The number of hydrogen-bond donors (Lipinski definition) is 0. The highest BCUT2D eigenvalue weighted by Crippen LogP contribution is 2.32. The normalized spacial score (nSPS) is 16.7. The van der Waals surface area contributed by atoms with E-state index in [2.05, 4.69) is 9.97 Å². The van der Waals surface area contributed by atoms with Crippen LogP contribution in [0.15, 0.2) is 18.5 Å². The Balaban J connectivity index is 1.85. The first-order chi connectivity index (χ1) is 5.45. The smallest absolute Gasteiger partial charge is 0.128 e. The van der Waals surface area contributed by atoms with Crippen LogP contribution in [0.2, 0.25) is 0 Å². The predicted molar refractivity (Wildman–Crippen MR) is 43.1 cm³/mol. The molecule has 0 N–H and O–H groups in total. The van der Waals surface area contributed by atoms with Crippen LogP contribution in [0.4, 0.5) is 0 Å². The van der Waals surface area contributed by atoms with Crippen LogP contribution in [0.25, 0.3) is 0 Å². The first kappa shape index (κ1) is 6.77. The van der Waals surface area contributed by atoms with E-state index in [1.54, 1.807) is 0 Å². The summed E-state index contributed by atoms with van der Waals surface area (Å²) in [6.07, 6.45) is 8.82. The predicted octanol–water partition coefficient (Wildman–Crippen LogP) is 1.82. The number of hydrogen-bond acceptors (Lipinski definition) is 2. The zero-order valence-corrected chi connectivity index (χ0v) is 6.53. The maximum absolute atomic E-state index is 4.17. The van der Waals surface area contributed by atoms with Crippen LogP contribution >= 0.6 is 0 Å². The van der Waals surface area contributed by atoms with E-state index < -0.39 is 0 Å². The summed E-state index contributed by atoms with van der Waals surface area (Å²) in [7, 11) is 0. The Morgan fingerprint density at radius 2 is 2.00 bits per heavy atom.